The molecule has 1 aromatic heterocycles. The summed E-state index contributed by atoms with van der Waals surface area (Å²) in [7, 11) is 0. The van der Waals surface area contributed by atoms with Crippen molar-refractivity contribution in [2.75, 3.05) is 49.6 Å². The number of likely N-dealkylation sites (tertiary alicyclic amines) is 1. The minimum Gasteiger partial charge on any atom is -0.506 e. The third-order valence-electron chi connectivity index (χ3n) is 8.33. The number of phenols is 1. The molecule has 1 spiro atoms. The highest BCUT2D eigenvalue weighted by molar-refractivity contribution is 7.15. The fourth-order valence-electron chi connectivity index (χ4n) is 6.54. The summed E-state index contributed by atoms with van der Waals surface area (Å²) in [6, 6.07) is 11.8. The van der Waals surface area contributed by atoms with Gasteiger partial charge in [-0.3, -0.25) is 0 Å². The highest BCUT2D eigenvalue weighted by Crippen LogP contribution is 2.56. The van der Waals surface area contributed by atoms with Crippen molar-refractivity contribution in [3.05, 3.63) is 52.0 Å². The fourth-order valence-corrected chi connectivity index (χ4v) is 7.82. The molecule has 0 radical (unpaired) electrons. The first-order valence-corrected chi connectivity index (χ1v) is 15.2. The standard InChI is InChI=1S/C30H38ClN5O2S/c1-29(2,3)18-35-14-12-30(13-15-35)19-36(26-24(37)9-8-21(31)25(26)30)23-7-5-4-6-22(23)32-28-34-33-27(39-28)20-10-16-38-17-11-20/h4-9,20,37H,10-19H2,1-3H3,(H,32,34). The second kappa shape index (κ2) is 10.5. The number of nitrogens with one attached hydrogen (secondary N) is 1. The lowest BCUT2D eigenvalue weighted by atomic mass is 9.74. The molecule has 0 amide bonds. The number of fused-ring (bicyclic) bond motifs is 2. The monoisotopic (exact) mass is 567 g/mol. The van der Waals surface area contributed by atoms with Gasteiger partial charge in [0.2, 0.25) is 5.13 Å². The van der Waals surface area contributed by atoms with Crippen LogP contribution >= 0.6 is 22.9 Å². The first-order chi connectivity index (χ1) is 18.7. The van der Waals surface area contributed by atoms with E-state index in [0.717, 1.165) is 103 Å². The van der Waals surface area contributed by atoms with Crippen LogP contribution in [0.4, 0.5) is 22.2 Å². The molecule has 39 heavy (non-hydrogen) atoms. The Morgan fingerprint density at radius 3 is 2.59 bits per heavy atom. The number of phenolic OH excluding ortho intramolecular Hbond substituents is 1. The molecular weight excluding hydrogens is 530 g/mol. The lowest BCUT2D eigenvalue weighted by molar-refractivity contribution is 0.0851. The Bertz CT molecular complexity index is 1330. The molecule has 208 valence electrons. The van der Waals surface area contributed by atoms with E-state index in [2.05, 4.69) is 58.2 Å². The smallest absolute Gasteiger partial charge is 0.210 e. The Balaban J connectivity index is 1.30. The molecule has 3 aliphatic rings. The van der Waals surface area contributed by atoms with Crippen molar-refractivity contribution in [2.24, 2.45) is 5.41 Å². The molecule has 0 bridgehead atoms. The molecule has 0 atom stereocenters. The van der Waals surface area contributed by atoms with Gasteiger partial charge in [0.05, 0.1) is 17.1 Å². The molecule has 3 aliphatic heterocycles. The van der Waals surface area contributed by atoms with Gasteiger partial charge in [0, 0.05) is 48.2 Å². The van der Waals surface area contributed by atoms with E-state index in [0.29, 0.717) is 5.92 Å². The van der Waals surface area contributed by atoms with Crippen LogP contribution in [0.25, 0.3) is 0 Å². The first kappa shape index (κ1) is 26.8. The van der Waals surface area contributed by atoms with Gasteiger partial charge in [-0.25, -0.2) is 0 Å². The van der Waals surface area contributed by atoms with Crippen LogP contribution in [0.1, 0.15) is 62.9 Å². The highest BCUT2D eigenvalue weighted by Gasteiger charge is 2.48. The number of rotatable bonds is 5. The van der Waals surface area contributed by atoms with Crippen LogP contribution in [0.3, 0.4) is 0 Å². The number of para-hydroxylation sites is 2. The minimum absolute atomic E-state index is 0.106. The lowest BCUT2D eigenvalue weighted by Crippen LogP contribution is -2.46. The molecule has 6 rings (SSSR count). The van der Waals surface area contributed by atoms with Gasteiger partial charge in [0.1, 0.15) is 10.8 Å². The van der Waals surface area contributed by atoms with Gasteiger partial charge in [-0.1, -0.05) is 55.8 Å². The second-order valence-corrected chi connectivity index (χ2v) is 13.9. The average molecular weight is 568 g/mol. The molecule has 7 nitrogen and oxygen atoms in total. The maximum Gasteiger partial charge on any atom is 0.210 e. The van der Waals surface area contributed by atoms with Crippen LogP contribution in [0, 0.1) is 5.41 Å². The van der Waals surface area contributed by atoms with Gasteiger partial charge in [0.25, 0.3) is 0 Å². The van der Waals surface area contributed by atoms with Crippen molar-refractivity contribution >= 4 is 45.1 Å². The number of halogens is 1. The Hall–Kier alpha value is -2.39. The van der Waals surface area contributed by atoms with Crippen molar-refractivity contribution in [1.29, 1.82) is 0 Å². The molecule has 9 heteroatoms. The maximum absolute atomic E-state index is 11.2. The molecule has 2 saturated heterocycles. The van der Waals surface area contributed by atoms with E-state index in [1.54, 1.807) is 17.4 Å². The minimum atomic E-state index is -0.106. The van der Waals surface area contributed by atoms with Crippen LogP contribution in [0.5, 0.6) is 5.75 Å². The first-order valence-electron chi connectivity index (χ1n) is 14.0. The number of aromatic hydroxyl groups is 1. The van der Waals surface area contributed by atoms with E-state index in [1.165, 1.54) is 0 Å². The quantitative estimate of drug-likeness (QED) is 0.341. The molecular formula is C30H38ClN5O2S. The Morgan fingerprint density at radius 1 is 1.10 bits per heavy atom. The van der Waals surface area contributed by atoms with E-state index in [1.807, 2.05) is 18.2 Å². The van der Waals surface area contributed by atoms with Crippen molar-refractivity contribution in [2.45, 2.75) is 57.8 Å². The molecule has 0 saturated carbocycles. The van der Waals surface area contributed by atoms with Crippen LogP contribution in [0.2, 0.25) is 5.02 Å². The van der Waals surface area contributed by atoms with E-state index < -0.39 is 0 Å². The number of benzene rings is 2. The Morgan fingerprint density at radius 2 is 1.85 bits per heavy atom. The largest absolute Gasteiger partial charge is 0.506 e. The predicted molar refractivity (Wildman–Crippen MR) is 159 cm³/mol. The molecule has 2 N–H and O–H groups in total. The van der Waals surface area contributed by atoms with Gasteiger partial charge in [-0.2, -0.15) is 0 Å². The van der Waals surface area contributed by atoms with Crippen LogP contribution in [-0.4, -0.2) is 59.6 Å². The molecule has 3 aromatic rings. The van der Waals surface area contributed by atoms with Crippen LogP contribution in [0.15, 0.2) is 36.4 Å². The second-order valence-electron chi connectivity index (χ2n) is 12.5. The zero-order valence-corrected chi connectivity index (χ0v) is 24.6. The number of anilines is 4. The van der Waals surface area contributed by atoms with Crippen LogP contribution < -0.4 is 10.2 Å². The summed E-state index contributed by atoms with van der Waals surface area (Å²) in [6.45, 7) is 12.4. The van der Waals surface area contributed by atoms with Gasteiger partial charge in [0.15, 0.2) is 0 Å². The highest BCUT2D eigenvalue weighted by atomic mass is 35.5. The summed E-state index contributed by atoms with van der Waals surface area (Å²) in [5, 5.41) is 26.3. The van der Waals surface area contributed by atoms with Crippen molar-refractivity contribution in [3.8, 4) is 5.75 Å². The molecule has 4 heterocycles. The lowest BCUT2D eigenvalue weighted by Gasteiger charge is -2.42. The predicted octanol–water partition coefficient (Wildman–Crippen LogP) is 7.07. The summed E-state index contributed by atoms with van der Waals surface area (Å²) < 4.78 is 5.52. The third-order valence-corrected chi connectivity index (χ3v) is 9.64. The third kappa shape index (κ3) is 5.36. The molecule has 0 aliphatic carbocycles. The van der Waals surface area contributed by atoms with E-state index >= 15 is 0 Å². The molecule has 2 aromatic carbocycles. The molecule has 2 fully saturated rings. The number of hydrogen-bond acceptors (Lipinski definition) is 8. The maximum atomic E-state index is 11.2. The summed E-state index contributed by atoms with van der Waals surface area (Å²) in [6.07, 6.45) is 4.00. The summed E-state index contributed by atoms with van der Waals surface area (Å²) >= 11 is 8.53. The Labute approximate surface area is 240 Å². The van der Waals surface area contributed by atoms with Gasteiger partial charge < -0.3 is 25.0 Å². The SMILES string of the molecule is CC(C)(C)CN1CCC2(CC1)CN(c1ccccc1Nc1nnc(C3CCOCC3)s1)c1c(O)ccc(Cl)c12. The summed E-state index contributed by atoms with van der Waals surface area (Å²) in [4.78, 5) is 4.84. The Kier molecular flexibility index (Phi) is 7.25. The van der Waals surface area contributed by atoms with Crippen molar-refractivity contribution in [1.82, 2.24) is 15.1 Å². The topological polar surface area (TPSA) is 73.8 Å². The van der Waals surface area contributed by atoms with Gasteiger partial charge >= 0.3 is 0 Å². The molecule has 0 unspecified atom stereocenters. The number of aromatic nitrogens is 2. The normalized spacial score (nSPS) is 19.9. The van der Waals surface area contributed by atoms with Gasteiger partial charge in [-0.15, -0.1) is 10.2 Å². The van der Waals surface area contributed by atoms with Crippen LogP contribution in [-0.2, 0) is 10.2 Å². The van der Waals surface area contributed by atoms with E-state index in [4.69, 9.17) is 16.3 Å². The van der Waals surface area contributed by atoms with Gasteiger partial charge in [-0.05, 0) is 68.5 Å². The van der Waals surface area contributed by atoms with Crippen molar-refractivity contribution in [3.63, 3.8) is 0 Å². The summed E-state index contributed by atoms with van der Waals surface area (Å²) in [5.74, 6) is 0.687. The summed E-state index contributed by atoms with van der Waals surface area (Å²) in [5.41, 5.74) is 4.03. The average Bonchev–Trinajstić information content (AvgIpc) is 3.52. The number of ether oxygens (including phenoxy) is 1. The number of piperidine rings is 1. The number of hydrogen-bond donors (Lipinski definition) is 2. The van der Waals surface area contributed by atoms with Crippen molar-refractivity contribution < 1.29 is 9.84 Å². The number of nitrogens with zero attached hydrogens (tertiary/aromatic N) is 4. The van der Waals surface area contributed by atoms with E-state index in [9.17, 15) is 5.11 Å². The fraction of sp³-hybridized carbons (Fsp3) is 0.533. The zero-order chi connectivity index (χ0) is 27.2. The zero-order valence-electron chi connectivity index (χ0n) is 23.0. The van der Waals surface area contributed by atoms with E-state index in [-0.39, 0.29) is 16.6 Å².